The van der Waals surface area contributed by atoms with Gasteiger partial charge in [0, 0.05) is 5.69 Å². The summed E-state index contributed by atoms with van der Waals surface area (Å²) < 4.78 is 5.17. The average Bonchev–Trinajstić information content (AvgIpc) is 2.54. The van der Waals surface area contributed by atoms with Gasteiger partial charge in [-0.1, -0.05) is 37.6 Å². The van der Waals surface area contributed by atoms with Gasteiger partial charge < -0.3 is 15.4 Å². The number of benzene rings is 2. The van der Waals surface area contributed by atoms with Gasteiger partial charge in [0.2, 0.25) is 0 Å². The summed E-state index contributed by atoms with van der Waals surface area (Å²) in [7, 11) is 1.66. The molecule has 2 rings (SSSR count). The van der Waals surface area contributed by atoms with Crippen molar-refractivity contribution in [2.45, 2.75) is 33.7 Å². The van der Waals surface area contributed by atoms with Crippen molar-refractivity contribution in [1.29, 1.82) is 0 Å². The molecule has 0 aromatic heterocycles. The molecule has 2 aromatic carbocycles. The highest BCUT2D eigenvalue weighted by molar-refractivity contribution is 7.80. The van der Waals surface area contributed by atoms with Crippen LogP contribution in [-0.2, 0) is 0 Å². The lowest BCUT2D eigenvalue weighted by Gasteiger charge is -2.26. The fraction of sp³-hybridized carbons (Fsp3) is 0.350. The number of hydrogen-bond donors (Lipinski definition) is 2. The Labute approximate surface area is 150 Å². The minimum atomic E-state index is 0.170. The van der Waals surface area contributed by atoms with E-state index in [2.05, 4.69) is 56.5 Å². The third-order valence-electron chi connectivity index (χ3n) is 4.06. The van der Waals surface area contributed by atoms with E-state index in [0.717, 1.165) is 11.4 Å². The molecule has 3 nitrogen and oxygen atoms in total. The molecule has 2 aromatic rings. The minimum Gasteiger partial charge on any atom is -0.497 e. The maximum atomic E-state index is 5.51. The molecule has 128 valence electrons. The van der Waals surface area contributed by atoms with E-state index in [1.54, 1.807) is 7.11 Å². The third-order valence-corrected chi connectivity index (χ3v) is 4.28. The summed E-state index contributed by atoms with van der Waals surface area (Å²) in [5, 5.41) is 7.33. The van der Waals surface area contributed by atoms with E-state index in [-0.39, 0.29) is 6.04 Å². The Hall–Kier alpha value is -2.07. The van der Waals surface area contributed by atoms with Crippen LogP contribution in [0.3, 0.4) is 0 Å². The highest BCUT2D eigenvalue weighted by Gasteiger charge is 2.18. The smallest absolute Gasteiger partial charge is 0.171 e. The van der Waals surface area contributed by atoms with E-state index in [0.29, 0.717) is 11.0 Å². The Bertz CT molecular complexity index is 695. The zero-order chi connectivity index (χ0) is 17.7. The Morgan fingerprint density at radius 1 is 1.04 bits per heavy atom. The van der Waals surface area contributed by atoms with E-state index in [1.807, 2.05) is 24.3 Å². The third kappa shape index (κ3) is 4.71. The van der Waals surface area contributed by atoms with E-state index in [4.69, 9.17) is 17.0 Å². The number of nitrogens with one attached hydrogen (secondary N) is 2. The van der Waals surface area contributed by atoms with E-state index >= 15 is 0 Å². The van der Waals surface area contributed by atoms with Crippen LogP contribution in [-0.4, -0.2) is 12.2 Å². The number of anilines is 1. The number of rotatable bonds is 5. The first-order valence-electron chi connectivity index (χ1n) is 8.19. The quantitative estimate of drug-likeness (QED) is 0.750. The van der Waals surface area contributed by atoms with Crippen molar-refractivity contribution in [2.75, 3.05) is 12.4 Å². The van der Waals surface area contributed by atoms with E-state index in [9.17, 15) is 0 Å². The number of aryl methyl sites for hydroxylation is 2. The van der Waals surface area contributed by atoms with Crippen molar-refractivity contribution < 1.29 is 4.74 Å². The zero-order valence-corrected chi connectivity index (χ0v) is 15.8. The summed E-state index contributed by atoms with van der Waals surface area (Å²) in [6, 6.07) is 14.5. The van der Waals surface area contributed by atoms with Gasteiger partial charge in [-0.2, -0.15) is 0 Å². The molecular weight excluding hydrogens is 316 g/mol. The van der Waals surface area contributed by atoms with Gasteiger partial charge in [-0.25, -0.2) is 0 Å². The predicted molar refractivity (Wildman–Crippen MR) is 106 cm³/mol. The monoisotopic (exact) mass is 342 g/mol. The van der Waals surface area contributed by atoms with Crippen LogP contribution >= 0.6 is 12.2 Å². The molecule has 0 bridgehead atoms. The molecule has 0 heterocycles. The van der Waals surface area contributed by atoms with Crippen molar-refractivity contribution in [3.05, 3.63) is 59.2 Å². The topological polar surface area (TPSA) is 33.3 Å². The normalized spacial score (nSPS) is 11.9. The first kappa shape index (κ1) is 18.3. The van der Waals surface area contributed by atoms with E-state index < -0.39 is 0 Å². The summed E-state index contributed by atoms with van der Waals surface area (Å²) >= 11 is 5.51. The fourth-order valence-electron chi connectivity index (χ4n) is 2.76. The number of hydrogen-bond acceptors (Lipinski definition) is 2. The largest absolute Gasteiger partial charge is 0.497 e. The molecule has 0 spiro atoms. The standard InChI is InChI=1S/C20H26N2OS/c1-13(2)19(18-11-6-14(3)12-15(18)4)22-20(24)21-16-7-9-17(23-5)10-8-16/h6-13,19H,1-5H3,(H2,21,22,24)/t19-/m1/s1. The molecule has 1 atom stereocenters. The summed E-state index contributed by atoms with van der Waals surface area (Å²) in [4.78, 5) is 0. The molecular formula is C20H26N2OS. The molecule has 0 aliphatic carbocycles. The maximum Gasteiger partial charge on any atom is 0.171 e. The van der Waals surface area contributed by atoms with Gasteiger partial charge in [0.05, 0.1) is 13.2 Å². The van der Waals surface area contributed by atoms with Crippen molar-refractivity contribution in [3.8, 4) is 5.75 Å². The van der Waals surface area contributed by atoms with E-state index in [1.165, 1.54) is 16.7 Å². The van der Waals surface area contributed by atoms with Gasteiger partial charge in [0.1, 0.15) is 5.75 Å². The van der Waals surface area contributed by atoms with Gasteiger partial charge in [0.15, 0.2) is 5.11 Å². The lowest BCUT2D eigenvalue weighted by Crippen LogP contribution is -2.35. The van der Waals surface area contributed by atoms with Gasteiger partial charge in [-0.05, 0) is 67.4 Å². The second kappa shape index (κ2) is 8.15. The highest BCUT2D eigenvalue weighted by Crippen LogP contribution is 2.26. The van der Waals surface area contributed by atoms with Crippen LogP contribution in [0.25, 0.3) is 0 Å². The lowest BCUT2D eigenvalue weighted by atomic mass is 9.92. The first-order valence-corrected chi connectivity index (χ1v) is 8.60. The van der Waals surface area contributed by atoms with Crippen molar-refractivity contribution in [2.24, 2.45) is 5.92 Å². The molecule has 24 heavy (non-hydrogen) atoms. The first-order chi connectivity index (χ1) is 11.4. The molecule has 0 saturated heterocycles. The van der Waals surface area contributed by atoms with Crippen LogP contribution in [0.2, 0.25) is 0 Å². The Balaban J connectivity index is 2.10. The Morgan fingerprint density at radius 2 is 1.71 bits per heavy atom. The molecule has 0 unspecified atom stereocenters. The van der Waals surface area contributed by atoms with Crippen LogP contribution in [0.5, 0.6) is 5.75 Å². The molecule has 0 aliphatic rings. The van der Waals surface area contributed by atoms with Crippen molar-refractivity contribution >= 4 is 23.0 Å². The van der Waals surface area contributed by atoms with Gasteiger partial charge in [-0.15, -0.1) is 0 Å². The second-order valence-corrected chi connectivity index (χ2v) is 6.82. The minimum absolute atomic E-state index is 0.170. The number of ether oxygens (including phenoxy) is 1. The lowest BCUT2D eigenvalue weighted by molar-refractivity contribution is 0.415. The molecule has 0 radical (unpaired) electrons. The molecule has 4 heteroatoms. The van der Waals surface area contributed by atoms with Crippen LogP contribution in [0.4, 0.5) is 5.69 Å². The van der Waals surface area contributed by atoms with Crippen LogP contribution < -0.4 is 15.4 Å². The summed E-state index contributed by atoms with van der Waals surface area (Å²) in [5.74, 6) is 1.25. The number of methoxy groups -OCH3 is 1. The molecule has 0 fully saturated rings. The Kier molecular flexibility index (Phi) is 6.21. The Morgan fingerprint density at radius 3 is 2.25 bits per heavy atom. The molecule has 0 aliphatic heterocycles. The summed E-state index contributed by atoms with van der Waals surface area (Å²) in [5.41, 5.74) is 4.79. The molecule has 2 N–H and O–H groups in total. The molecule has 0 amide bonds. The highest BCUT2D eigenvalue weighted by atomic mass is 32.1. The predicted octanol–water partition coefficient (Wildman–Crippen LogP) is 5.00. The van der Waals surface area contributed by atoms with Gasteiger partial charge >= 0.3 is 0 Å². The van der Waals surface area contributed by atoms with Crippen LogP contribution in [0, 0.1) is 19.8 Å². The fourth-order valence-corrected chi connectivity index (χ4v) is 3.01. The van der Waals surface area contributed by atoms with Crippen LogP contribution in [0.1, 0.15) is 36.6 Å². The number of thiocarbonyl (C=S) groups is 1. The van der Waals surface area contributed by atoms with Crippen molar-refractivity contribution in [3.63, 3.8) is 0 Å². The van der Waals surface area contributed by atoms with Crippen molar-refractivity contribution in [1.82, 2.24) is 5.32 Å². The summed E-state index contributed by atoms with van der Waals surface area (Å²) in [6.45, 7) is 8.67. The summed E-state index contributed by atoms with van der Waals surface area (Å²) in [6.07, 6.45) is 0. The van der Waals surface area contributed by atoms with Crippen LogP contribution in [0.15, 0.2) is 42.5 Å². The van der Waals surface area contributed by atoms with Gasteiger partial charge in [-0.3, -0.25) is 0 Å². The molecule has 0 saturated carbocycles. The second-order valence-electron chi connectivity index (χ2n) is 6.41. The average molecular weight is 343 g/mol. The zero-order valence-electron chi connectivity index (χ0n) is 15.0. The van der Waals surface area contributed by atoms with Gasteiger partial charge in [0.25, 0.3) is 0 Å². The SMILES string of the molecule is COc1ccc(NC(=S)N[C@@H](c2ccc(C)cc2C)C(C)C)cc1. The maximum absolute atomic E-state index is 5.51.